The zero-order chi connectivity index (χ0) is 20.2. The molecule has 0 bridgehead atoms. The normalized spacial score (nSPS) is 15.0. The first-order valence-electron chi connectivity index (χ1n) is 10.1. The minimum absolute atomic E-state index is 0.0432. The molecular weight excluding hydrogens is 371 g/mol. The maximum atomic E-state index is 14.8. The molecule has 0 saturated carbocycles. The van der Waals surface area contributed by atoms with Crippen molar-refractivity contribution in [1.82, 2.24) is 19.3 Å². The Morgan fingerprint density at radius 3 is 2.83 bits per heavy atom. The Kier molecular flexibility index (Phi) is 5.85. The van der Waals surface area contributed by atoms with Crippen LogP contribution in [0.15, 0.2) is 47.7 Å². The Labute approximate surface area is 169 Å². The highest BCUT2D eigenvalue weighted by Crippen LogP contribution is 2.24. The van der Waals surface area contributed by atoms with Gasteiger partial charge >= 0.3 is 0 Å². The maximum absolute atomic E-state index is 14.8. The van der Waals surface area contributed by atoms with Gasteiger partial charge in [0.1, 0.15) is 5.82 Å². The van der Waals surface area contributed by atoms with Crippen LogP contribution in [0.2, 0.25) is 0 Å². The minimum atomic E-state index is -0.316. The summed E-state index contributed by atoms with van der Waals surface area (Å²) in [6.07, 6.45) is 8.73. The summed E-state index contributed by atoms with van der Waals surface area (Å²) in [5.41, 5.74) is 2.37. The lowest BCUT2D eigenvalue weighted by molar-refractivity contribution is 0.0662. The molecular formula is C22H25FN4O2. The first-order valence-corrected chi connectivity index (χ1v) is 10.1. The maximum Gasteiger partial charge on any atom is 0.250 e. The first-order chi connectivity index (χ1) is 14.1. The number of hydrogen-bond acceptors (Lipinski definition) is 4. The van der Waals surface area contributed by atoms with E-state index in [2.05, 4.69) is 10.1 Å². The van der Waals surface area contributed by atoms with Crippen molar-refractivity contribution in [2.24, 2.45) is 5.92 Å². The number of nitrogens with zero attached hydrogens (tertiary/aromatic N) is 4. The Morgan fingerprint density at radius 2 is 2.07 bits per heavy atom. The van der Waals surface area contributed by atoms with Crippen LogP contribution in [0.4, 0.5) is 4.39 Å². The second-order valence-corrected chi connectivity index (χ2v) is 7.48. The van der Waals surface area contributed by atoms with Crippen molar-refractivity contribution < 1.29 is 9.13 Å². The predicted molar refractivity (Wildman–Crippen MR) is 109 cm³/mol. The Morgan fingerprint density at radius 1 is 1.24 bits per heavy atom. The molecule has 1 fully saturated rings. The lowest BCUT2D eigenvalue weighted by Crippen LogP contribution is -2.19. The number of halogens is 1. The Bertz CT molecular complexity index is 1040. The van der Waals surface area contributed by atoms with Crippen LogP contribution in [0.1, 0.15) is 31.9 Å². The van der Waals surface area contributed by atoms with Gasteiger partial charge in [0.25, 0.3) is 5.56 Å². The van der Waals surface area contributed by atoms with Gasteiger partial charge in [-0.1, -0.05) is 6.92 Å². The van der Waals surface area contributed by atoms with Gasteiger partial charge in [0.15, 0.2) is 0 Å². The van der Waals surface area contributed by atoms with Crippen LogP contribution in [0.5, 0.6) is 0 Å². The second-order valence-electron chi connectivity index (χ2n) is 7.48. The van der Waals surface area contributed by atoms with Gasteiger partial charge in [0.05, 0.1) is 16.9 Å². The first kappa shape index (κ1) is 19.5. The van der Waals surface area contributed by atoms with Crippen LogP contribution in [0.25, 0.3) is 16.9 Å². The predicted octanol–water partition coefficient (Wildman–Crippen LogP) is 3.61. The smallest absolute Gasteiger partial charge is 0.250 e. The standard InChI is InChI=1S/C22H25FN4O2/c1-2-8-26-15-18(3-4-22(26)28)27-9-5-21(25-27)19-14-24-17(13-20(19)23)12-16-6-10-29-11-7-16/h3-5,9,13-16H,2,6-8,10-12H2,1H3. The van der Waals surface area contributed by atoms with Crippen LogP contribution in [-0.2, 0) is 17.7 Å². The van der Waals surface area contributed by atoms with Crippen molar-refractivity contribution in [2.75, 3.05) is 13.2 Å². The van der Waals surface area contributed by atoms with Crippen molar-refractivity contribution in [3.8, 4) is 16.9 Å². The summed E-state index contributed by atoms with van der Waals surface area (Å²) in [4.78, 5) is 16.4. The zero-order valence-corrected chi connectivity index (χ0v) is 16.6. The number of aryl methyl sites for hydroxylation is 1. The van der Waals surface area contributed by atoms with Gasteiger partial charge in [-0.15, -0.1) is 0 Å². The lowest BCUT2D eigenvalue weighted by Gasteiger charge is -2.21. The van der Waals surface area contributed by atoms with Crippen LogP contribution in [0, 0.1) is 11.7 Å². The van der Waals surface area contributed by atoms with Crippen molar-refractivity contribution in [2.45, 2.75) is 39.2 Å². The summed E-state index contributed by atoms with van der Waals surface area (Å²) in [7, 11) is 0. The third-order valence-corrected chi connectivity index (χ3v) is 5.31. The highest BCUT2D eigenvalue weighted by molar-refractivity contribution is 5.58. The molecule has 0 radical (unpaired) electrons. The summed E-state index contributed by atoms with van der Waals surface area (Å²) in [6, 6.07) is 6.52. The fraction of sp³-hybridized carbons (Fsp3) is 0.409. The third-order valence-electron chi connectivity index (χ3n) is 5.31. The second kappa shape index (κ2) is 8.69. The van der Waals surface area contributed by atoms with E-state index in [0.717, 1.165) is 50.3 Å². The molecule has 0 aliphatic carbocycles. The molecule has 4 rings (SSSR count). The number of ether oxygens (including phenoxy) is 1. The van der Waals surface area contributed by atoms with Gasteiger partial charge in [-0.2, -0.15) is 5.10 Å². The van der Waals surface area contributed by atoms with E-state index in [4.69, 9.17) is 4.74 Å². The van der Waals surface area contributed by atoms with Crippen LogP contribution >= 0.6 is 0 Å². The molecule has 152 valence electrons. The van der Waals surface area contributed by atoms with E-state index < -0.39 is 0 Å². The summed E-state index contributed by atoms with van der Waals surface area (Å²) < 4.78 is 23.4. The molecule has 0 spiro atoms. The molecule has 1 saturated heterocycles. The number of pyridine rings is 2. The third kappa shape index (κ3) is 4.45. The molecule has 1 aliphatic heterocycles. The fourth-order valence-corrected chi connectivity index (χ4v) is 3.70. The van der Waals surface area contributed by atoms with Crippen molar-refractivity contribution in [1.29, 1.82) is 0 Å². The Balaban J connectivity index is 1.54. The van der Waals surface area contributed by atoms with Gasteiger partial charge in [-0.3, -0.25) is 9.78 Å². The highest BCUT2D eigenvalue weighted by atomic mass is 19.1. The van der Waals surface area contributed by atoms with Gasteiger partial charge < -0.3 is 9.30 Å². The largest absolute Gasteiger partial charge is 0.381 e. The molecule has 0 amide bonds. The molecule has 3 aromatic heterocycles. The molecule has 7 heteroatoms. The van der Waals surface area contributed by atoms with Gasteiger partial charge in [0.2, 0.25) is 0 Å². The van der Waals surface area contributed by atoms with Gasteiger partial charge in [-0.05, 0) is 49.8 Å². The van der Waals surface area contributed by atoms with E-state index in [0.29, 0.717) is 23.7 Å². The van der Waals surface area contributed by atoms with Gasteiger partial charge in [-0.25, -0.2) is 9.07 Å². The van der Waals surface area contributed by atoms with E-state index in [-0.39, 0.29) is 11.4 Å². The van der Waals surface area contributed by atoms with Crippen molar-refractivity contribution in [3.63, 3.8) is 0 Å². The van der Waals surface area contributed by atoms with E-state index in [9.17, 15) is 9.18 Å². The molecule has 0 atom stereocenters. The molecule has 3 aromatic rings. The fourth-order valence-electron chi connectivity index (χ4n) is 3.70. The minimum Gasteiger partial charge on any atom is -0.381 e. The average molecular weight is 396 g/mol. The highest BCUT2D eigenvalue weighted by Gasteiger charge is 2.17. The zero-order valence-electron chi connectivity index (χ0n) is 16.6. The summed E-state index contributed by atoms with van der Waals surface area (Å²) in [6.45, 7) is 4.21. The molecule has 0 aromatic carbocycles. The topological polar surface area (TPSA) is 61.9 Å². The van der Waals surface area contributed by atoms with E-state index >= 15 is 0 Å². The van der Waals surface area contributed by atoms with Gasteiger partial charge in [0, 0.05) is 50.1 Å². The molecule has 0 N–H and O–H groups in total. The van der Waals surface area contributed by atoms with Crippen molar-refractivity contribution >= 4 is 0 Å². The summed E-state index contributed by atoms with van der Waals surface area (Å²) >= 11 is 0. The molecule has 0 unspecified atom stereocenters. The van der Waals surface area contributed by atoms with Crippen LogP contribution < -0.4 is 5.56 Å². The van der Waals surface area contributed by atoms with Crippen LogP contribution in [-0.4, -0.2) is 32.5 Å². The number of hydrogen-bond donors (Lipinski definition) is 0. The quantitative estimate of drug-likeness (QED) is 0.639. The summed E-state index contributed by atoms with van der Waals surface area (Å²) in [5, 5.41) is 4.49. The molecule has 6 nitrogen and oxygen atoms in total. The Hall–Kier alpha value is -2.80. The van der Waals surface area contributed by atoms with E-state index in [1.807, 2.05) is 6.92 Å². The average Bonchev–Trinajstić information content (AvgIpc) is 3.20. The van der Waals surface area contributed by atoms with E-state index in [1.54, 1.807) is 40.0 Å². The van der Waals surface area contributed by atoms with E-state index in [1.165, 1.54) is 12.1 Å². The molecule has 4 heterocycles. The lowest BCUT2D eigenvalue weighted by atomic mass is 9.94. The SMILES string of the molecule is CCCn1cc(-n2ccc(-c3cnc(CC4CCOCC4)cc3F)n2)ccc1=O. The van der Waals surface area contributed by atoms with Crippen LogP contribution in [0.3, 0.4) is 0 Å². The number of aromatic nitrogens is 4. The number of rotatable bonds is 6. The molecule has 1 aliphatic rings. The van der Waals surface area contributed by atoms with Crippen molar-refractivity contribution in [3.05, 3.63) is 64.7 Å². The summed E-state index contributed by atoms with van der Waals surface area (Å²) in [5.74, 6) is 0.183. The molecule has 29 heavy (non-hydrogen) atoms. The monoisotopic (exact) mass is 396 g/mol.